The van der Waals surface area contributed by atoms with Crippen LogP contribution in [0.25, 0.3) is 0 Å². The van der Waals surface area contributed by atoms with Gasteiger partial charge < -0.3 is 10.5 Å². The molecule has 1 unspecified atom stereocenters. The first-order chi connectivity index (χ1) is 10.8. The highest BCUT2D eigenvalue weighted by Crippen LogP contribution is 2.22. The molecule has 0 aliphatic carbocycles. The third-order valence-electron chi connectivity index (χ3n) is 3.65. The van der Waals surface area contributed by atoms with E-state index in [0.717, 1.165) is 22.4 Å². The topological polar surface area (TPSA) is 35.2 Å². The minimum absolute atomic E-state index is 0.107. The molecule has 0 aromatic heterocycles. The van der Waals surface area contributed by atoms with Crippen LogP contribution < -0.4 is 10.5 Å². The standard InChI is InChI=1S/C20H19NO/c21-20(17-9-5-2-6-10-17)18-11-13-19(14-12-18)22-15-16-7-3-1-4-8-16/h1-14,20H,15,21H2. The second kappa shape index (κ2) is 6.92. The molecule has 110 valence electrons. The number of ether oxygens (including phenoxy) is 1. The molecule has 2 N–H and O–H groups in total. The summed E-state index contributed by atoms with van der Waals surface area (Å²) in [5.74, 6) is 0.855. The van der Waals surface area contributed by atoms with E-state index in [4.69, 9.17) is 10.5 Å². The molecule has 2 nitrogen and oxygen atoms in total. The molecule has 1 atom stereocenters. The van der Waals surface area contributed by atoms with Crippen LogP contribution in [0.5, 0.6) is 5.75 Å². The van der Waals surface area contributed by atoms with Crippen molar-refractivity contribution in [3.8, 4) is 5.75 Å². The van der Waals surface area contributed by atoms with E-state index in [-0.39, 0.29) is 6.04 Å². The average Bonchev–Trinajstić information content (AvgIpc) is 2.61. The van der Waals surface area contributed by atoms with E-state index in [1.165, 1.54) is 0 Å². The van der Waals surface area contributed by atoms with E-state index < -0.39 is 0 Å². The molecule has 0 amide bonds. The maximum Gasteiger partial charge on any atom is 0.119 e. The molecule has 0 spiro atoms. The van der Waals surface area contributed by atoms with Gasteiger partial charge in [0.25, 0.3) is 0 Å². The summed E-state index contributed by atoms with van der Waals surface area (Å²) in [7, 11) is 0. The lowest BCUT2D eigenvalue weighted by Crippen LogP contribution is -2.11. The van der Waals surface area contributed by atoms with Crippen LogP contribution in [0, 0.1) is 0 Å². The zero-order valence-corrected chi connectivity index (χ0v) is 12.4. The summed E-state index contributed by atoms with van der Waals surface area (Å²) in [5, 5.41) is 0. The number of hydrogen-bond donors (Lipinski definition) is 1. The van der Waals surface area contributed by atoms with Crippen LogP contribution in [-0.2, 0) is 6.61 Å². The highest BCUT2D eigenvalue weighted by atomic mass is 16.5. The zero-order valence-electron chi connectivity index (χ0n) is 12.4. The summed E-state index contributed by atoms with van der Waals surface area (Å²) < 4.78 is 5.79. The summed E-state index contributed by atoms with van der Waals surface area (Å²) in [6.45, 7) is 0.574. The van der Waals surface area contributed by atoms with Gasteiger partial charge in [0.2, 0.25) is 0 Å². The van der Waals surface area contributed by atoms with Crippen molar-refractivity contribution in [2.75, 3.05) is 0 Å². The molecule has 0 aliphatic rings. The van der Waals surface area contributed by atoms with Crippen LogP contribution in [0.15, 0.2) is 84.9 Å². The second-order valence-corrected chi connectivity index (χ2v) is 5.23. The molecule has 3 aromatic carbocycles. The number of nitrogens with two attached hydrogens (primary N) is 1. The van der Waals surface area contributed by atoms with E-state index in [1.807, 2.05) is 72.8 Å². The third kappa shape index (κ3) is 3.54. The predicted molar refractivity (Wildman–Crippen MR) is 89.7 cm³/mol. The first-order valence-electron chi connectivity index (χ1n) is 7.40. The fourth-order valence-electron chi connectivity index (χ4n) is 2.37. The van der Waals surface area contributed by atoms with Gasteiger partial charge in [-0.1, -0.05) is 72.8 Å². The van der Waals surface area contributed by atoms with Gasteiger partial charge in [0, 0.05) is 0 Å². The normalized spacial score (nSPS) is 11.9. The number of rotatable bonds is 5. The highest BCUT2D eigenvalue weighted by molar-refractivity contribution is 5.35. The number of benzene rings is 3. The molecule has 0 saturated heterocycles. The second-order valence-electron chi connectivity index (χ2n) is 5.23. The summed E-state index contributed by atoms with van der Waals surface area (Å²) >= 11 is 0. The van der Waals surface area contributed by atoms with Gasteiger partial charge >= 0.3 is 0 Å². The van der Waals surface area contributed by atoms with Crippen molar-refractivity contribution in [2.24, 2.45) is 5.73 Å². The summed E-state index contributed by atoms with van der Waals surface area (Å²) in [6, 6.07) is 28.1. The largest absolute Gasteiger partial charge is 0.489 e. The fourth-order valence-corrected chi connectivity index (χ4v) is 2.37. The van der Waals surface area contributed by atoms with E-state index in [9.17, 15) is 0 Å². The van der Waals surface area contributed by atoms with Crippen molar-refractivity contribution in [3.63, 3.8) is 0 Å². The van der Waals surface area contributed by atoms with Gasteiger partial charge in [-0.3, -0.25) is 0 Å². The average molecular weight is 289 g/mol. The SMILES string of the molecule is NC(c1ccccc1)c1ccc(OCc2ccccc2)cc1. The third-order valence-corrected chi connectivity index (χ3v) is 3.65. The van der Waals surface area contributed by atoms with E-state index in [1.54, 1.807) is 0 Å². The Morgan fingerprint density at radius 3 is 1.86 bits per heavy atom. The van der Waals surface area contributed by atoms with Crippen molar-refractivity contribution in [1.29, 1.82) is 0 Å². The van der Waals surface area contributed by atoms with Crippen molar-refractivity contribution in [1.82, 2.24) is 0 Å². The van der Waals surface area contributed by atoms with Crippen LogP contribution in [0.2, 0.25) is 0 Å². The van der Waals surface area contributed by atoms with Crippen molar-refractivity contribution >= 4 is 0 Å². The van der Waals surface area contributed by atoms with E-state index >= 15 is 0 Å². The molecule has 2 heteroatoms. The van der Waals surface area contributed by atoms with Crippen LogP contribution in [0.4, 0.5) is 0 Å². The van der Waals surface area contributed by atoms with Gasteiger partial charge in [-0.05, 0) is 28.8 Å². The summed E-state index contributed by atoms with van der Waals surface area (Å²) in [5.41, 5.74) is 9.64. The fraction of sp³-hybridized carbons (Fsp3) is 0.100. The van der Waals surface area contributed by atoms with Crippen LogP contribution in [-0.4, -0.2) is 0 Å². The molecule has 22 heavy (non-hydrogen) atoms. The highest BCUT2D eigenvalue weighted by Gasteiger charge is 2.08. The lowest BCUT2D eigenvalue weighted by molar-refractivity contribution is 0.306. The van der Waals surface area contributed by atoms with Gasteiger partial charge in [0.1, 0.15) is 12.4 Å². The maximum absolute atomic E-state index is 6.29. The van der Waals surface area contributed by atoms with Crippen molar-refractivity contribution in [3.05, 3.63) is 102 Å². The minimum Gasteiger partial charge on any atom is -0.489 e. The molecule has 0 fully saturated rings. The predicted octanol–water partition coefficient (Wildman–Crippen LogP) is 4.31. The lowest BCUT2D eigenvalue weighted by atomic mass is 10.00. The Labute approximate surface area is 131 Å². The molecule has 3 aromatic rings. The van der Waals surface area contributed by atoms with Crippen LogP contribution in [0.3, 0.4) is 0 Å². The quantitative estimate of drug-likeness (QED) is 0.759. The maximum atomic E-state index is 6.29. The van der Waals surface area contributed by atoms with Gasteiger partial charge in [0.05, 0.1) is 6.04 Å². The Morgan fingerprint density at radius 1 is 0.682 bits per heavy atom. The first-order valence-corrected chi connectivity index (χ1v) is 7.40. The molecule has 0 heterocycles. The molecular weight excluding hydrogens is 270 g/mol. The van der Waals surface area contributed by atoms with Crippen LogP contribution in [0.1, 0.15) is 22.7 Å². The Hall–Kier alpha value is -2.58. The van der Waals surface area contributed by atoms with E-state index in [2.05, 4.69) is 12.1 Å². The zero-order chi connectivity index (χ0) is 15.2. The van der Waals surface area contributed by atoms with Gasteiger partial charge in [-0.15, -0.1) is 0 Å². The first kappa shape index (κ1) is 14.4. The molecule has 3 rings (SSSR count). The Morgan fingerprint density at radius 2 is 1.23 bits per heavy atom. The molecular formula is C20H19NO. The smallest absolute Gasteiger partial charge is 0.119 e. The van der Waals surface area contributed by atoms with Crippen LogP contribution >= 0.6 is 0 Å². The van der Waals surface area contributed by atoms with E-state index in [0.29, 0.717) is 6.61 Å². The van der Waals surface area contributed by atoms with Gasteiger partial charge in [-0.25, -0.2) is 0 Å². The molecule has 0 radical (unpaired) electrons. The molecule has 0 bridgehead atoms. The summed E-state index contributed by atoms with van der Waals surface area (Å²) in [6.07, 6.45) is 0. The van der Waals surface area contributed by atoms with Gasteiger partial charge in [-0.2, -0.15) is 0 Å². The molecule has 0 aliphatic heterocycles. The van der Waals surface area contributed by atoms with Crippen molar-refractivity contribution in [2.45, 2.75) is 12.6 Å². The van der Waals surface area contributed by atoms with Crippen molar-refractivity contribution < 1.29 is 4.74 Å². The minimum atomic E-state index is -0.107. The Bertz CT molecular complexity index is 693. The van der Waals surface area contributed by atoms with Gasteiger partial charge in [0.15, 0.2) is 0 Å². The monoisotopic (exact) mass is 289 g/mol. The number of hydrogen-bond acceptors (Lipinski definition) is 2. The lowest BCUT2D eigenvalue weighted by Gasteiger charge is -2.13. The Balaban J connectivity index is 1.65. The summed E-state index contributed by atoms with van der Waals surface area (Å²) in [4.78, 5) is 0. The Kier molecular flexibility index (Phi) is 4.52. The molecule has 0 saturated carbocycles.